The molecular formula is C19H17NO3S2. The van der Waals surface area contributed by atoms with E-state index in [0.717, 1.165) is 10.6 Å². The van der Waals surface area contributed by atoms with Crippen LogP contribution in [0.2, 0.25) is 0 Å². The lowest BCUT2D eigenvalue weighted by molar-refractivity contribution is 0.0950. The fourth-order valence-electron chi connectivity index (χ4n) is 2.27. The van der Waals surface area contributed by atoms with Gasteiger partial charge in [0.15, 0.2) is 0 Å². The molecule has 4 nitrogen and oxygen atoms in total. The molecule has 0 aliphatic rings. The van der Waals surface area contributed by atoms with Crippen molar-refractivity contribution in [3.8, 4) is 5.75 Å². The fourth-order valence-corrected chi connectivity index (χ4v) is 3.82. The second-order valence-electron chi connectivity index (χ2n) is 5.25. The Morgan fingerprint density at radius 2 is 1.84 bits per heavy atom. The molecule has 0 saturated heterocycles. The van der Waals surface area contributed by atoms with Gasteiger partial charge in [0.05, 0.1) is 18.0 Å². The van der Waals surface area contributed by atoms with Crippen molar-refractivity contribution >= 4 is 34.4 Å². The van der Waals surface area contributed by atoms with Crippen molar-refractivity contribution in [3.63, 3.8) is 0 Å². The first-order valence-electron chi connectivity index (χ1n) is 7.84. The van der Waals surface area contributed by atoms with E-state index >= 15 is 0 Å². The smallest absolute Gasteiger partial charge is 0.251 e. The lowest BCUT2D eigenvalue weighted by Gasteiger charge is -2.06. The molecule has 0 unspecified atom stereocenters. The highest BCUT2D eigenvalue weighted by Gasteiger charge is 2.13. The molecule has 2 heterocycles. The van der Waals surface area contributed by atoms with Crippen molar-refractivity contribution in [2.24, 2.45) is 0 Å². The van der Waals surface area contributed by atoms with Gasteiger partial charge in [0.1, 0.15) is 5.75 Å². The summed E-state index contributed by atoms with van der Waals surface area (Å²) in [5.41, 5.74) is 1.28. The molecule has 128 valence electrons. The molecule has 1 N–H and O–H groups in total. The third kappa shape index (κ3) is 4.35. The first-order chi connectivity index (χ1) is 12.2. The van der Waals surface area contributed by atoms with Crippen LogP contribution >= 0.6 is 22.7 Å². The number of hydrogen-bond donors (Lipinski definition) is 1. The van der Waals surface area contributed by atoms with E-state index in [1.807, 2.05) is 35.9 Å². The highest BCUT2D eigenvalue weighted by atomic mass is 32.1. The van der Waals surface area contributed by atoms with Crippen LogP contribution in [-0.2, 0) is 6.54 Å². The van der Waals surface area contributed by atoms with E-state index in [0.29, 0.717) is 29.2 Å². The summed E-state index contributed by atoms with van der Waals surface area (Å²) in [4.78, 5) is 26.1. The van der Waals surface area contributed by atoms with Crippen molar-refractivity contribution in [2.45, 2.75) is 13.5 Å². The fraction of sp³-hybridized carbons (Fsp3) is 0.158. The first-order valence-corrected chi connectivity index (χ1v) is 9.60. The third-order valence-electron chi connectivity index (χ3n) is 3.52. The molecule has 6 heteroatoms. The molecular weight excluding hydrogens is 354 g/mol. The maximum Gasteiger partial charge on any atom is 0.251 e. The SMILES string of the molecule is CCOc1ccc(C(=O)NCc2ccc(C(=O)c3ccsc3)s2)cc1. The Bertz CT molecular complexity index is 851. The Hall–Kier alpha value is -2.44. The highest BCUT2D eigenvalue weighted by molar-refractivity contribution is 7.14. The van der Waals surface area contributed by atoms with Crippen molar-refractivity contribution in [3.05, 3.63) is 74.1 Å². The molecule has 0 saturated carbocycles. The van der Waals surface area contributed by atoms with Crippen LogP contribution in [0.15, 0.2) is 53.2 Å². The van der Waals surface area contributed by atoms with Gasteiger partial charge < -0.3 is 10.1 Å². The number of thiophene rings is 2. The highest BCUT2D eigenvalue weighted by Crippen LogP contribution is 2.21. The van der Waals surface area contributed by atoms with Gasteiger partial charge in [-0.1, -0.05) is 0 Å². The summed E-state index contributed by atoms with van der Waals surface area (Å²) >= 11 is 2.91. The Labute approximate surface area is 154 Å². The topological polar surface area (TPSA) is 55.4 Å². The second kappa shape index (κ2) is 8.09. The maximum atomic E-state index is 12.3. The van der Waals surface area contributed by atoms with Crippen LogP contribution in [0.5, 0.6) is 5.75 Å². The number of ketones is 1. The number of hydrogen-bond acceptors (Lipinski definition) is 5. The van der Waals surface area contributed by atoms with E-state index < -0.39 is 0 Å². The molecule has 1 amide bonds. The zero-order chi connectivity index (χ0) is 17.6. The van der Waals surface area contributed by atoms with Gasteiger partial charge in [0.2, 0.25) is 5.78 Å². The van der Waals surface area contributed by atoms with E-state index in [1.54, 1.807) is 24.3 Å². The Balaban J connectivity index is 1.58. The summed E-state index contributed by atoms with van der Waals surface area (Å²) in [6, 6.07) is 12.5. The average molecular weight is 371 g/mol. The number of nitrogens with one attached hydrogen (secondary N) is 1. The summed E-state index contributed by atoms with van der Waals surface area (Å²) < 4.78 is 5.36. The molecule has 0 atom stereocenters. The molecule has 25 heavy (non-hydrogen) atoms. The van der Waals surface area contributed by atoms with Crippen LogP contribution in [-0.4, -0.2) is 18.3 Å². The van der Waals surface area contributed by atoms with Gasteiger partial charge in [-0.3, -0.25) is 9.59 Å². The molecule has 0 spiro atoms. The molecule has 0 aliphatic heterocycles. The molecule has 0 aliphatic carbocycles. The van der Waals surface area contributed by atoms with Crippen molar-refractivity contribution in [1.82, 2.24) is 5.32 Å². The van der Waals surface area contributed by atoms with Crippen LogP contribution < -0.4 is 10.1 Å². The van der Waals surface area contributed by atoms with Gasteiger partial charge in [0, 0.05) is 21.4 Å². The van der Waals surface area contributed by atoms with Crippen molar-refractivity contribution in [2.75, 3.05) is 6.61 Å². The molecule has 1 aromatic carbocycles. The summed E-state index contributed by atoms with van der Waals surface area (Å²) in [7, 11) is 0. The third-order valence-corrected chi connectivity index (χ3v) is 5.29. The summed E-state index contributed by atoms with van der Waals surface area (Å²) in [6.45, 7) is 2.91. The average Bonchev–Trinajstić information content (AvgIpc) is 3.32. The van der Waals surface area contributed by atoms with Crippen LogP contribution in [0.3, 0.4) is 0 Å². The predicted octanol–water partition coefficient (Wildman–Crippen LogP) is 4.37. The Kier molecular flexibility index (Phi) is 5.63. The summed E-state index contributed by atoms with van der Waals surface area (Å²) in [5, 5.41) is 6.61. The van der Waals surface area contributed by atoms with E-state index in [9.17, 15) is 9.59 Å². The van der Waals surface area contributed by atoms with Gasteiger partial charge in [-0.15, -0.1) is 11.3 Å². The summed E-state index contributed by atoms with van der Waals surface area (Å²) in [5.74, 6) is 0.617. The molecule has 3 rings (SSSR count). The number of benzene rings is 1. The standard InChI is InChI=1S/C19H17NO3S2/c1-2-23-15-5-3-13(4-6-15)19(22)20-11-16-7-8-17(25-16)18(21)14-9-10-24-12-14/h3-10,12H,2,11H2,1H3,(H,20,22). The minimum atomic E-state index is -0.151. The molecule has 0 fully saturated rings. The van der Waals surface area contributed by atoms with Gasteiger partial charge in [-0.25, -0.2) is 0 Å². The number of rotatable bonds is 7. The number of amides is 1. The predicted molar refractivity (Wildman–Crippen MR) is 101 cm³/mol. The zero-order valence-electron chi connectivity index (χ0n) is 13.7. The summed E-state index contributed by atoms with van der Waals surface area (Å²) in [6.07, 6.45) is 0. The number of carbonyl (C=O) groups excluding carboxylic acids is 2. The van der Waals surface area contributed by atoms with Gasteiger partial charge in [0.25, 0.3) is 5.91 Å². The van der Waals surface area contributed by atoms with Crippen LogP contribution in [0.1, 0.15) is 37.4 Å². The van der Waals surface area contributed by atoms with Gasteiger partial charge in [-0.2, -0.15) is 11.3 Å². The lowest BCUT2D eigenvalue weighted by Crippen LogP contribution is -2.22. The molecule has 2 aromatic heterocycles. The van der Waals surface area contributed by atoms with Crippen LogP contribution in [0.25, 0.3) is 0 Å². The van der Waals surface area contributed by atoms with Crippen LogP contribution in [0, 0.1) is 0 Å². The zero-order valence-corrected chi connectivity index (χ0v) is 15.3. The second-order valence-corrected chi connectivity index (χ2v) is 7.20. The van der Waals surface area contributed by atoms with E-state index in [1.165, 1.54) is 22.7 Å². The lowest BCUT2D eigenvalue weighted by atomic mass is 10.2. The number of carbonyl (C=O) groups is 2. The Morgan fingerprint density at radius 1 is 1.04 bits per heavy atom. The van der Waals surface area contributed by atoms with E-state index in [4.69, 9.17) is 4.74 Å². The maximum absolute atomic E-state index is 12.3. The van der Waals surface area contributed by atoms with Gasteiger partial charge >= 0.3 is 0 Å². The van der Waals surface area contributed by atoms with Crippen molar-refractivity contribution in [1.29, 1.82) is 0 Å². The van der Waals surface area contributed by atoms with Crippen molar-refractivity contribution < 1.29 is 14.3 Å². The molecule has 3 aromatic rings. The normalized spacial score (nSPS) is 10.4. The largest absolute Gasteiger partial charge is 0.494 e. The minimum Gasteiger partial charge on any atom is -0.494 e. The minimum absolute atomic E-state index is 0.0235. The monoisotopic (exact) mass is 371 g/mol. The Morgan fingerprint density at radius 3 is 2.52 bits per heavy atom. The van der Waals surface area contributed by atoms with Gasteiger partial charge in [-0.05, 0) is 54.8 Å². The molecule has 0 bridgehead atoms. The first kappa shape index (κ1) is 17.4. The number of ether oxygens (including phenoxy) is 1. The van der Waals surface area contributed by atoms with Crippen LogP contribution in [0.4, 0.5) is 0 Å². The van der Waals surface area contributed by atoms with E-state index in [2.05, 4.69) is 5.32 Å². The quantitative estimate of drug-likeness (QED) is 0.628. The molecule has 0 radical (unpaired) electrons. The van der Waals surface area contributed by atoms with E-state index in [-0.39, 0.29) is 11.7 Å².